The van der Waals surface area contributed by atoms with Gasteiger partial charge in [-0.25, -0.2) is 9.13 Å². The zero-order valence-electron chi connectivity index (χ0n) is 63.4. The summed E-state index contributed by atoms with van der Waals surface area (Å²) >= 11 is 0. The van der Waals surface area contributed by atoms with E-state index in [0.29, 0.717) is 25.7 Å². The fourth-order valence-electron chi connectivity index (χ4n) is 11.9. The highest BCUT2D eigenvalue weighted by Gasteiger charge is 2.30. The Morgan fingerprint density at radius 3 is 0.732 bits per heavy atom. The molecule has 3 N–H and O–H groups in total. The van der Waals surface area contributed by atoms with Crippen LogP contribution in [0.1, 0.15) is 408 Å². The Bertz CT molecular complexity index is 1880. The molecule has 0 heterocycles. The van der Waals surface area contributed by atoms with E-state index in [0.717, 1.165) is 108 Å². The van der Waals surface area contributed by atoms with Crippen molar-refractivity contribution in [2.45, 2.75) is 426 Å². The number of phosphoric acid groups is 2. The number of ether oxygens (including phenoxy) is 4. The van der Waals surface area contributed by atoms with Crippen molar-refractivity contribution in [1.82, 2.24) is 0 Å². The summed E-state index contributed by atoms with van der Waals surface area (Å²) in [5.74, 6) is -0.535. The van der Waals surface area contributed by atoms with Crippen LogP contribution in [0.5, 0.6) is 0 Å². The maximum absolute atomic E-state index is 13.1. The summed E-state index contributed by atoms with van der Waals surface area (Å²) in [6.45, 7) is 9.63. The van der Waals surface area contributed by atoms with Crippen LogP contribution in [0.4, 0.5) is 0 Å². The second-order valence-corrected chi connectivity index (χ2v) is 31.5. The van der Waals surface area contributed by atoms with Gasteiger partial charge in [-0.15, -0.1) is 0 Å². The van der Waals surface area contributed by atoms with Gasteiger partial charge < -0.3 is 33.8 Å². The van der Waals surface area contributed by atoms with Crippen LogP contribution in [-0.2, 0) is 65.4 Å². The molecule has 97 heavy (non-hydrogen) atoms. The number of hydrogen-bond acceptors (Lipinski definition) is 15. The average molecular weight is 1420 g/mol. The molecular formula is C78H152O17P2. The second kappa shape index (κ2) is 69.8. The minimum atomic E-state index is -4.96. The van der Waals surface area contributed by atoms with Gasteiger partial charge in [0, 0.05) is 25.7 Å². The molecule has 0 aromatic rings. The molecule has 4 unspecified atom stereocenters. The van der Waals surface area contributed by atoms with Gasteiger partial charge in [0.1, 0.15) is 19.3 Å². The first-order chi connectivity index (χ1) is 46.9. The quantitative estimate of drug-likeness (QED) is 0.0222. The number of aliphatic hydroxyl groups excluding tert-OH is 1. The van der Waals surface area contributed by atoms with E-state index in [1.165, 1.54) is 218 Å². The molecule has 7 atom stereocenters. The fraction of sp³-hybridized carbons (Fsp3) is 0.949. The van der Waals surface area contributed by atoms with E-state index >= 15 is 0 Å². The van der Waals surface area contributed by atoms with Crippen molar-refractivity contribution in [3.8, 4) is 0 Å². The maximum atomic E-state index is 13.1. The van der Waals surface area contributed by atoms with Crippen molar-refractivity contribution in [2.24, 2.45) is 11.8 Å². The Balaban J connectivity index is 5.25. The zero-order valence-corrected chi connectivity index (χ0v) is 65.2. The maximum Gasteiger partial charge on any atom is 0.472 e. The molecular weight excluding hydrogens is 1270 g/mol. The molecule has 0 amide bonds. The van der Waals surface area contributed by atoms with Crippen molar-refractivity contribution < 1.29 is 80.2 Å². The largest absolute Gasteiger partial charge is 0.472 e. The molecule has 0 bridgehead atoms. The fourth-order valence-corrected chi connectivity index (χ4v) is 13.5. The molecule has 0 aromatic carbocycles. The minimum Gasteiger partial charge on any atom is -0.462 e. The van der Waals surface area contributed by atoms with Crippen molar-refractivity contribution in [1.29, 1.82) is 0 Å². The topological polar surface area (TPSA) is 237 Å². The Morgan fingerprint density at radius 1 is 0.289 bits per heavy atom. The molecule has 17 nitrogen and oxygen atoms in total. The number of esters is 4. The molecule has 0 saturated carbocycles. The lowest BCUT2D eigenvalue weighted by Gasteiger charge is -2.21. The van der Waals surface area contributed by atoms with Gasteiger partial charge in [-0.2, -0.15) is 0 Å². The van der Waals surface area contributed by atoms with Gasteiger partial charge in [-0.05, 0) is 37.5 Å². The lowest BCUT2D eigenvalue weighted by molar-refractivity contribution is -0.161. The smallest absolute Gasteiger partial charge is 0.462 e. The number of rotatable bonds is 77. The van der Waals surface area contributed by atoms with Crippen molar-refractivity contribution in [3.05, 3.63) is 0 Å². The molecule has 0 aliphatic rings. The van der Waals surface area contributed by atoms with Crippen molar-refractivity contribution >= 4 is 39.5 Å². The molecule has 0 aromatic heterocycles. The summed E-state index contributed by atoms with van der Waals surface area (Å²) < 4.78 is 68.6. The van der Waals surface area contributed by atoms with Gasteiger partial charge in [0.2, 0.25) is 0 Å². The molecule has 0 aliphatic carbocycles. The van der Waals surface area contributed by atoms with Crippen LogP contribution in [0.15, 0.2) is 0 Å². The van der Waals surface area contributed by atoms with E-state index in [-0.39, 0.29) is 25.7 Å². The van der Waals surface area contributed by atoms with Crippen LogP contribution < -0.4 is 0 Å². The van der Waals surface area contributed by atoms with Crippen LogP contribution in [0.3, 0.4) is 0 Å². The number of carbonyl (C=O) groups excluding carboxylic acids is 4. The van der Waals surface area contributed by atoms with Crippen LogP contribution in [0.25, 0.3) is 0 Å². The summed E-state index contributed by atoms with van der Waals surface area (Å²) in [7, 11) is -9.91. The van der Waals surface area contributed by atoms with E-state index in [9.17, 15) is 43.2 Å². The third-order valence-electron chi connectivity index (χ3n) is 18.9. The third kappa shape index (κ3) is 69.5. The van der Waals surface area contributed by atoms with Crippen LogP contribution in [0.2, 0.25) is 0 Å². The van der Waals surface area contributed by atoms with E-state index in [1.807, 2.05) is 0 Å². The van der Waals surface area contributed by atoms with Gasteiger partial charge in [0.15, 0.2) is 12.2 Å². The van der Waals surface area contributed by atoms with E-state index in [1.54, 1.807) is 0 Å². The predicted octanol–water partition coefficient (Wildman–Crippen LogP) is 23.1. The first-order valence-corrected chi connectivity index (χ1v) is 43.6. The normalized spacial score (nSPS) is 14.5. The van der Waals surface area contributed by atoms with Crippen LogP contribution in [-0.4, -0.2) is 96.7 Å². The van der Waals surface area contributed by atoms with Crippen LogP contribution >= 0.6 is 15.6 Å². The number of aliphatic hydroxyl groups is 1. The predicted molar refractivity (Wildman–Crippen MR) is 395 cm³/mol. The van der Waals surface area contributed by atoms with Gasteiger partial charge in [-0.3, -0.25) is 37.3 Å². The number of unbranched alkanes of at least 4 members (excludes halogenated alkanes) is 45. The van der Waals surface area contributed by atoms with Gasteiger partial charge >= 0.3 is 39.5 Å². The highest BCUT2D eigenvalue weighted by Crippen LogP contribution is 2.45. The van der Waals surface area contributed by atoms with E-state index in [4.69, 9.17) is 37.0 Å². The molecule has 19 heteroatoms. The molecule has 0 aliphatic heterocycles. The molecule has 0 rings (SSSR count). The summed E-state index contributed by atoms with van der Waals surface area (Å²) in [5.41, 5.74) is 0. The summed E-state index contributed by atoms with van der Waals surface area (Å²) in [4.78, 5) is 72.9. The average Bonchev–Trinajstić information content (AvgIpc) is 1.11. The SMILES string of the molecule is CCCCCCCCCCCCCCCCCCC(=O)OC[C@H](COP(=O)(O)OC[C@@H](O)COP(=O)(O)OC[C@@H](COC(=O)CCCCCCCCC(C)CC)OC(=O)CCCCCCCCCCCCCCC)OC(=O)CCCCCCCCCCCCCCCCC(C)CC. The Morgan fingerprint density at radius 2 is 0.495 bits per heavy atom. The lowest BCUT2D eigenvalue weighted by Crippen LogP contribution is -2.30. The molecule has 0 fully saturated rings. The third-order valence-corrected chi connectivity index (χ3v) is 20.8. The number of hydrogen-bond donors (Lipinski definition) is 3. The van der Waals surface area contributed by atoms with E-state index < -0.39 is 97.5 Å². The standard InChI is InChI=1S/C78H152O17P2/c1-7-11-13-15-17-19-21-23-24-25-30-33-37-41-48-54-60-75(80)88-66-73(94-77(82)63-57-51-43-39-35-31-27-26-29-32-36-40-46-52-58-70(5)9-3)68-92-96(84,85)90-64-72(79)65-91-97(86,87)93-69-74(67-89-76(81)61-55-49-45-44-47-53-59-71(6)10-4)95-78(83)62-56-50-42-38-34-28-22-20-18-16-14-12-8-2/h70-74,79H,7-69H2,1-6H3,(H,84,85)(H,86,87)/t70?,71?,72-,73-,74-/m1/s1. The summed E-state index contributed by atoms with van der Waals surface area (Å²) in [5, 5.41) is 10.6. The molecule has 576 valence electrons. The number of carbonyl (C=O) groups is 4. The summed E-state index contributed by atoms with van der Waals surface area (Å²) in [6, 6.07) is 0. The summed E-state index contributed by atoms with van der Waals surface area (Å²) in [6.07, 6.45) is 58.1. The highest BCUT2D eigenvalue weighted by atomic mass is 31.2. The molecule has 0 radical (unpaired) electrons. The Labute approximate surface area is 594 Å². The Kier molecular flexibility index (Phi) is 68.4. The van der Waals surface area contributed by atoms with E-state index in [2.05, 4.69) is 41.5 Å². The van der Waals surface area contributed by atoms with Crippen molar-refractivity contribution in [2.75, 3.05) is 39.6 Å². The monoisotopic (exact) mass is 1420 g/mol. The Hall–Kier alpha value is -1.94. The van der Waals surface area contributed by atoms with Gasteiger partial charge in [0.25, 0.3) is 0 Å². The first-order valence-electron chi connectivity index (χ1n) is 40.6. The zero-order chi connectivity index (χ0) is 71.4. The van der Waals surface area contributed by atoms with Crippen molar-refractivity contribution in [3.63, 3.8) is 0 Å². The molecule has 0 saturated heterocycles. The van der Waals surface area contributed by atoms with Gasteiger partial charge in [0.05, 0.1) is 26.4 Å². The first kappa shape index (κ1) is 95.1. The lowest BCUT2D eigenvalue weighted by atomic mass is 9.99. The highest BCUT2D eigenvalue weighted by molar-refractivity contribution is 7.47. The van der Waals surface area contributed by atoms with Gasteiger partial charge in [-0.1, -0.05) is 356 Å². The number of phosphoric ester groups is 2. The second-order valence-electron chi connectivity index (χ2n) is 28.6. The van der Waals surface area contributed by atoms with Crippen LogP contribution in [0, 0.1) is 11.8 Å². The minimum absolute atomic E-state index is 0.107. The molecule has 0 spiro atoms.